The molecule has 3 N–H and O–H groups in total. The summed E-state index contributed by atoms with van der Waals surface area (Å²) in [7, 11) is 0. The highest BCUT2D eigenvalue weighted by Crippen LogP contribution is 2.24. The molecule has 6 heteroatoms. The Morgan fingerprint density at radius 3 is 2.20 bits per heavy atom. The highest BCUT2D eigenvalue weighted by Gasteiger charge is 2.33. The number of amides is 2. The number of nitrogens with one attached hydrogen (secondary N) is 1. The monoisotopic (exact) mass is 286 g/mol. The molecule has 0 aliphatic carbocycles. The van der Waals surface area contributed by atoms with Gasteiger partial charge in [0.05, 0.1) is 12.0 Å². The summed E-state index contributed by atoms with van der Waals surface area (Å²) in [5, 5.41) is 21.6. The van der Waals surface area contributed by atoms with Gasteiger partial charge in [0, 0.05) is 19.1 Å². The summed E-state index contributed by atoms with van der Waals surface area (Å²) in [6.07, 6.45) is 0.986. The number of rotatable bonds is 3. The van der Waals surface area contributed by atoms with Crippen molar-refractivity contribution >= 4 is 12.0 Å². The molecule has 0 bridgehead atoms. The van der Waals surface area contributed by atoms with Crippen LogP contribution in [0.3, 0.4) is 0 Å². The molecule has 6 nitrogen and oxygen atoms in total. The highest BCUT2D eigenvalue weighted by atomic mass is 16.4. The lowest BCUT2D eigenvalue weighted by atomic mass is 9.85. The Bertz CT molecular complexity index is 364. The molecule has 0 aromatic rings. The first kappa shape index (κ1) is 16.8. The van der Waals surface area contributed by atoms with Gasteiger partial charge < -0.3 is 20.4 Å². The van der Waals surface area contributed by atoms with Crippen molar-refractivity contribution in [2.75, 3.05) is 13.1 Å². The van der Waals surface area contributed by atoms with Crippen LogP contribution in [0, 0.1) is 5.41 Å². The van der Waals surface area contributed by atoms with Crippen LogP contribution in [0.15, 0.2) is 0 Å². The molecule has 0 aromatic carbocycles. The second-order valence-electron chi connectivity index (χ2n) is 6.95. The quantitative estimate of drug-likeness (QED) is 0.732. The van der Waals surface area contributed by atoms with Gasteiger partial charge >= 0.3 is 12.0 Å². The van der Waals surface area contributed by atoms with Gasteiger partial charge in [0.1, 0.15) is 0 Å². The topological polar surface area (TPSA) is 89.9 Å². The van der Waals surface area contributed by atoms with Crippen LogP contribution in [-0.4, -0.2) is 51.8 Å². The Kier molecular flexibility index (Phi) is 5.02. The van der Waals surface area contributed by atoms with Gasteiger partial charge in [0.15, 0.2) is 0 Å². The Labute approximate surface area is 120 Å². The number of likely N-dealkylation sites (tertiary alicyclic amines) is 1. The molecule has 1 aliphatic rings. The average molecular weight is 286 g/mol. The van der Waals surface area contributed by atoms with Crippen molar-refractivity contribution in [2.24, 2.45) is 5.41 Å². The van der Waals surface area contributed by atoms with Gasteiger partial charge in [-0.05, 0) is 25.2 Å². The summed E-state index contributed by atoms with van der Waals surface area (Å²) in [6.45, 7) is 8.46. The molecule has 116 valence electrons. The number of hydrogen-bond donors (Lipinski definition) is 3. The first-order valence-electron chi connectivity index (χ1n) is 7.01. The van der Waals surface area contributed by atoms with Gasteiger partial charge in [-0.1, -0.05) is 20.8 Å². The number of aliphatic carboxylic acids is 1. The standard InChI is InChI=1S/C14H26N2O4/c1-13(2,3)10(9-11(17)18)15-12(19)16-7-5-14(4,20)6-8-16/h10,20H,5-9H2,1-4H3,(H,15,19)(H,17,18). The lowest BCUT2D eigenvalue weighted by molar-refractivity contribution is -0.138. The maximum Gasteiger partial charge on any atom is 0.317 e. The third-order valence-corrected chi connectivity index (χ3v) is 3.85. The summed E-state index contributed by atoms with van der Waals surface area (Å²) in [5.74, 6) is -0.924. The molecule has 1 fully saturated rings. The van der Waals surface area contributed by atoms with Crippen LogP contribution in [0.25, 0.3) is 0 Å². The maximum absolute atomic E-state index is 12.2. The smallest absolute Gasteiger partial charge is 0.317 e. The normalized spacial score (nSPS) is 20.4. The van der Waals surface area contributed by atoms with Gasteiger partial charge in [-0.2, -0.15) is 0 Å². The van der Waals surface area contributed by atoms with Crippen LogP contribution in [0.2, 0.25) is 0 Å². The van der Waals surface area contributed by atoms with Gasteiger partial charge in [0.25, 0.3) is 0 Å². The largest absolute Gasteiger partial charge is 0.481 e. The predicted octanol–water partition coefficient (Wildman–Crippen LogP) is 1.43. The van der Waals surface area contributed by atoms with E-state index in [2.05, 4.69) is 5.32 Å². The molecule has 1 atom stereocenters. The van der Waals surface area contributed by atoms with Gasteiger partial charge in [-0.15, -0.1) is 0 Å². The second kappa shape index (κ2) is 5.99. The number of carbonyl (C=O) groups is 2. The minimum absolute atomic E-state index is 0.0964. The minimum Gasteiger partial charge on any atom is -0.481 e. The van der Waals surface area contributed by atoms with Crippen LogP contribution in [0.5, 0.6) is 0 Å². The van der Waals surface area contributed by atoms with Crippen molar-refractivity contribution in [3.8, 4) is 0 Å². The van der Waals surface area contributed by atoms with Crippen LogP contribution < -0.4 is 5.32 Å². The number of carboxylic acid groups (broad SMARTS) is 1. The highest BCUT2D eigenvalue weighted by molar-refractivity contribution is 5.76. The summed E-state index contributed by atoms with van der Waals surface area (Å²) in [5.41, 5.74) is -1.03. The third kappa shape index (κ3) is 5.00. The number of aliphatic hydroxyl groups is 1. The molecular formula is C14H26N2O4. The fourth-order valence-corrected chi connectivity index (χ4v) is 2.18. The van der Waals surface area contributed by atoms with Gasteiger partial charge in [0.2, 0.25) is 0 Å². The van der Waals surface area contributed by atoms with Crippen molar-refractivity contribution in [1.29, 1.82) is 0 Å². The molecule has 0 radical (unpaired) electrons. The Hall–Kier alpha value is -1.30. The van der Waals surface area contributed by atoms with Gasteiger partial charge in [-0.3, -0.25) is 4.79 Å². The van der Waals surface area contributed by atoms with Crippen LogP contribution in [0.4, 0.5) is 4.79 Å². The van der Waals surface area contributed by atoms with Crippen molar-refractivity contribution < 1.29 is 19.8 Å². The van der Waals surface area contributed by atoms with E-state index in [1.165, 1.54) is 0 Å². The Morgan fingerprint density at radius 1 is 1.30 bits per heavy atom. The molecule has 0 aromatic heterocycles. The summed E-state index contributed by atoms with van der Waals surface area (Å²) < 4.78 is 0. The molecule has 1 aliphatic heterocycles. The number of nitrogens with zero attached hydrogens (tertiary/aromatic N) is 1. The first-order chi connectivity index (χ1) is 9.01. The van der Waals surface area contributed by atoms with E-state index >= 15 is 0 Å². The molecule has 0 spiro atoms. The van der Waals surface area contributed by atoms with E-state index in [4.69, 9.17) is 5.11 Å². The molecule has 1 unspecified atom stereocenters. The molecule has 20 heavy (non-hydrogen) atoms. The minimum atomic E-state index is -0.924. The second-order valence-corrected chi connectivity index (χ2v) is 6.95. The molecule has 1 rings (SSSR count). The SMILES string of the molecule is CC1(O)CCN(C(=O)NC(CC(=O)O)C(C)(C)C)CC1. The van der Waals surface area contributed by atoms with E-state index in [0.29, 0.717) is 25.9 Å². The zero-order chi connectivity index (χ0) is 15.6. The summed E-state index contributed by atoms with van der Waals surface area (Å²) in [4.78, 5) is 24.7. The molecular weight excluding hydrogens is 260 g/mol. The van der Waals surface area contributed by atoms with E-state index in [1.54, 1.807) is 11.8 Å². The maximum atomic E-state index is 12.2. The molecule has 1 saturated heterocycles. The van der Waals surface area contributed by atoms with E-state index in [-0.39, 0.29) is 17.9 Å². The molecule has 2 amide bonds. The van der Waals surface area contributed by atoms with Gasteiger partial charge in [-0.25, -0.2) is 4.79 Å². The lowest BCUT2D eigenvalue weighted by Gasteiger charge is -2.38. The summed E-state index contributed by atoms with van der Waals surface area (Å²) in [6, 6.07) is -0.670. The van der Waals surface area contributed by atoms with E-state index in [1.807, 2.05) is 20.8 Å². The Balaban J connectivity index is 2.61. The zero-order valence-corrected chi connectivity index (χ0v) is 12.8. The Morgan fingerprint density at radius 2 is 1.80 bits per heavy atom. The van der Waals surface area contributed by atoms with E-state index in [0.717, 1.165) is 0 Å². The van der Waals surface area contributed by atoms with Crippen LogP contribution in [-0.2, 0) is 4.79 Å². The zero-order valence-electron chi connectivity index (χ0n) is 12.8. The van der Waals surface area contributed by atoms with E-state index in [9.17, 15) is 14.7 Å². The molecule has 0 saturated carbocycles. The van der Waals surface area contributed by atoms with Crippen molar-refractivity contribution in [2.45, 2.75) is 58.6 Å². The number of carboxylic acids is 1. The number of carbonyl (C=O) groups excluding carboxylic acids is 1. The van der Waals surface area contributed by atoms with Crippen LogP contribution in [0.1, 0.15) is 47.0 Å². The van der Waals surface area contributed by atoms with E-state index < -0.39 is 17.6 Å². The number of urea groups is 1. The molecule has 1 heterocycles. The number of hydrogen-bond acceptors (Lipinski definition) is 3. The van der Waals surface area contributed by atoms with Crippen molar-refractivity contribution in [1.82, 2.24) is 10.2 Å². The summed E-state index contributed by atoms with van der Waals surface area (Å²) >= 11 is 0. The van der Waals surface area contributed by atoms with Crippen molar-refractivity contribution in [3.05, 3.63) is 0 Å². The lowest BCUT2D eigenvalue weighted by Crippen LogP contribution is -2.53. The first-order valence-corrected chi connectivity index (χ1v) is 7.01. The fraction of sp³-hybridized carbons (Fsp3) is 0.857. The van der Waals surface area contributed by atoms with Crippen LogP contribution >= 0.6 is 0 Å². The fourth-order valence-electron chi connectivity index (χ4n) is 2.18. The third-order valence-electron chi connectivity index (χ3n) is 3.85. The number of piperidine rings is 1. The predicted molar refractivity (Wildman–Crippen MR) is 75.5 cm³/mol. The van der Waals surface area contributed by atoms with Crippen molar-refractivity contribution in [3.63, 3.8) is 0 Å². The average Bonchev–Trinajstić information content (AvgIpc) is 2.25.